The van der Waals surface area contributed by atoms with Gasteiger partial charge in [0.1, 0.15) is 11.9 Å². The van der Waals surface area contributed by atoms with Gasteiger partial charge in [0.25, 0.3) is 5.56 Å². The number of hydrogen-bond donors (Lipinski definition) is 1. The number of nitriles is 1. The quantitative estimate of drug-likeness (QED) is 0.316. The number of benzene rings is 3. The van der Waals surface area contributed by atoms with Crippen LogP contribution in [0.3, 0.4) is 0 Å². The van der Waals surface area contributed by atoms with Gasteiger partial charge in [0.2, 0.25) is 5.91 Å². The van der Waals surface area contributed by atoms with Gasteiger partial charge < -0.3 is 5.32 Å². The van der Waals surface area contributed by atoms with Crippen LogP contribution in [0.25, 0.3) is 16.6 Å². The van der Waals surface area contributed by atoms with Gasteiger partial charge in [-0.05, 0) is 49.4 Å². The third kappa shape index (κ3) is 4.60. The van der Waals surface area contributed by atoms with Crippen molar-refractivity contribution < 1.29 is 9.18 Å². The summed E-state index contributed by atoms with van der Waals surface area (Å²) in [7, 11) is 0. The van der Waals surface area contributed by atoms with Crippen LogP contribution in [0.4, 0.5) is 10.1 Å². The Hall–Kier alpha value is -3.67. The van der Waals surface area contributed by atoms with Gasteiger partial charge in [0.15, 0.2) is 5.16 Å². The Morgan fingerprint density at radius 1 is 1.18 bits per heavy atom. The maximum atomic E-state index is 13.7. The molecule has 1 atom stereocenters. The fraction of sp³-hybridized carbons (Fsp3) is 0.0833. The molecule has 9 heteroatoms. The first-order chi connectivity index (χ1) is 15.9. The molecule has 1 amide bonds. The number of carbonyl (C=O) groups excluding carboxylic acids is 1. The van der Waals surface area contributed by atoms with Crippen LogP contribution in [0.15, 0.2) is 76.7 Å². The summed E-state index contributed by atoms with van der Waals surface area (Å²) in [6.45, 7) is 1.66. The summed E-state index contributed by atoms with van der Waals surface area (Å²) in [5.41, 5.74) is 1.16. The number of thioether (sulfide) groups is 1. The van der Waals surface area contributed by atoms with Crippen molar-refractivity contribution in [3.8, 4) is 11.8 Å². The molecular formula is C24H16ClFN4O2S. The van der Waals surface area contributed by atoms with Crippen molar-refractivity contribution in [3.05, 3.63) is 93.5 Å². The number of anilines is 1. The van der Waals surface area contributed by atoms with Crippen molar-refractivity contribution in [2.24, 2.45) is 0 Å². The molecule has 1 unspecified atom stereocenters. The normalized spacial score (nSPS) is 11.7. The molecule has 4 aromatic rings. The standard InChI is InChI=1S/C24H16ClFN4O2S/c1-14(22(31)28-20-8-4-2-6-15(20)13-27)33-24-29-21-9-5-3-7-17(21)23(32)30(24)16-10-11-19(26)18(25)12-16/h2-12,14H,1H3,(H,28,31). The van der Waals surface area contributed by atoms with E-state index in [0.29, 0.717) is 27.8 Å². The van der Waals surface area contributed by atoms with Crippen molar-refractivity contribution in [1.29, 1.82) is 5.26 Å². The molecule has 0 aliphatic carbocycles. The monoisotopic (exact) mass is 478 g/mol. The summed E-state index contributed by atoms with van der Waals surface area (Å²) < 4.78 is 15.0. The van der Waals surface area contributed by atoms with Gasteiger partial charge >= 0.3 is 0 Å². The average Bonchev–Trinajstić information content (AvgIpc) is 2.81. The molecule has 1 N–H and O–H groups in total. The second-order valence-corrected chi connectivity index (χ2v) is 8.77. The van der Waals surface area contributed by atoms with E-state index in [-0.39, 0.29) is 21.6 Å². The highest BCUT2D eigenvalue weighted by atomic mass is 35.5. The van der Waals surface area contributed by atoms with E-state index < -0.39 is 11.1 Å². The Kier molecular flexibility index (Phi) is 6.45. The number of hydrogen-bond acceptors (Lipinski definition) is 5. The highest BCUT2D eigenvalue weighted by molar-refractivity contribution is 8.00. The predicted octanol–water partition coefficient (Wildman–Crippen LogP) is 5.17. The Bertz CT molecular complexity index is 1480. The molecule has 0 aliphatic heterocycles. The second-order valence-electron chi connectivity index (χ2n) is 7.06. The Morgan fingerprint density at radius 3 is 2.67 bits per heavy atom. The number of carbonyl (C=O) groups is 1. The number of amides is 1. The molecule has 0 spiro atoms. The molecule has 3 aromatic carbocycles. The zero-order valence-corrected chi connectivity index (χ0v) is 18.8. The van der Waals surface area contributed by atoms with Gasteiger partial charge in [0, 0.05) is 0 Å². The van der Waals surface area contributed by atoms with Crippen LogP contribution >= 0.6 is 23.4 Å². The van der Waals surface area contributed by atoms with E-state index >= 15 is 0 Å². The van der Waals surface area contributed by atoms with Crippen molar-refractivity contribution >= 4 is 45.9 Å². The highest BCUT2D eigenvalue weighted by Crippen LogP contribution is 2.28. The van der Waals surface area contributed by atoms with E-state index in [2.05, 4.69) is 10.3 Å². The van der Waals surface area contributed by atoms with Crippen LogP contribution in [0.1, 0.15) is 12.5 Å². The maximum Gasteiger partial charge on any atom is 0.266 e. The number of fused-ring (bicyclic) bond motifs is 1. The third-order valence-electron chi connectivity index (χ3n) is 4.86. The van der Waals surface area contributed by atoms with Gasteiger partial charge in [-0.1, -0.05) is 47.6 Å². The molecule has 0 fully saturated rings. The first-order valence-electron chi connectivity index (χ1n) is 9.83. The number of rotatable bonds is 5. The molecule has 1 heterocycles. The first kappa shape index (κ1) is 22.5. The summed E-state index contributed by atoms with van der Waals surface area (Å²) in [5.74, 6) is -0.978. The maximum absolute atomic E-state index is 13.7. The fourth-order valence-corrected chi connectivity index (χ4v) is 4.28. The largest absolute Gasteiger partial charge is 0.324 e. The molecule has 6 nitrogen and oxygen atoms in total. The molecule has 0 aliphatic rings. The molecule has 0 saturated carbocycles. The fourth-order valence-electron chi connectivity index (χ4n) is 3.18. The smallest absolute Gasteiger partial charge is 0.266 e. The van der Waals surface area contributed by atoms with Crippen LogP contribution in [-0.4, -0.2) is 20.7 Å². The topological polar surface area (TPSA) is 87.8 Å². The minimum atomic E-state index is -0.674. The Balaban J connectivity index is 1.75. The Morgan fingerprint density at radius 2 is 1.91 bits per heavy atom. The average molecular weight is 479 g/mol. The zero-order valence-electron chi connectivity index (χ0n) is 17.3. The molecule has 0 bridgehead atoms. The van der Waals surface area contributed by atoms with Crippen molar-refractivity contribution in [2.45, 2.75) is 17.3 Å². The van der Waals surface area contributed by atoms with E-state index in [0.717, 1.165) is 11.8 Å². The molecular weight excluding hydrogens is 463 g/mol. The van der Waals surface area contributed by atoms with Gasteiger partial charge in [-0.2, -0.15) is 5.26 Å². The minimum absolute atomic E-state index is 0.137. The van der Waals surface area contributed by atoms with Crippen molar-refractivity contribution in [1.82, 2.24) is 9.55 Å². The predicted molar refractivity (Wildman–Crippen MR) is 127 cm³/mol. The number of nitrogens with one attached hydrogen (secondary N) is 1. The van der Waals surface area contributed by atoms with Crippen LogP contribution in [-0.2, 0) is 4.79 Å². The van der Waals surface area contributed by atoms with Crippen LogP contribution in [0, 0.1) is 17.1 Å². The lowest BCUT2D eigenvalue weighted by Crippen LogP contribution is -2.26. The summed E-state index contributed by atoms with van der Waals surface area (Å²) in [6, 6.07) is 19.5. The van der Waals surface area contributed by atoms with Crippen molar-refractivity contribution in [3.63, 3.8) is 0 Å². The number of nitrogens with zero attached hydrogens (tertiary/aromatic N) is 3. The minimum Gasteiger partial charge on any atom is -0.324 e. The SMILES string of the molecule is CC(Sc1nc2ccccc2c(=O)n1-c1ccc(F)c(Cl)c1)C(=O)Nc1ccccc1C#N. The second kappa shape index (κ2) is 9.45. The number of halogens is 2. The molecule has 0 saturated heterocycles. The van der Waals surface area contributed by atoms with E-state index in [1.54, 1.807) is 55.5 Å². The number of para-hydroxylation sites is 2. The van der Waals surface area contributed by atoms with E-state index in [1.165, 1.54) is 22.8 Å². The van der Waals surface area contributed by atoms with Gasteiger partial charge in [-0.15, -0.1) is 0 Å². The summed E-state index contributed by atoms with van der Waals surface area (Å²) in [6.07, 6.45) is 0. The molecule has 4 rings (SSSR count). The van der Waals surface area contributed by atoms with Crippen molar-refractivity contribution in [2.75, 3.05) is 5.32 Å². The molecule has 1 aromatic heterocycles. The summed E-state index contributed by atoms with van der Waals surface area (Å²) in [5, 5.41) is 11.8. The summed E-state index contributed by atoms with van der Waals surface area (Å²) >= 11 is 7.02. The number of aromatic nitrogens is 2. The lowest BCUT2D eigenvalue weighted by atomic mass is 10.2. The highest BCUT2D eigenvalue weighted by Gasteiger charge is 2.21. The van der Waals surface area contributed by atoms with Gasteiger partial charge in [0.05, 0.1) is 38.1 Å². The van der Waals surface area contributed by atoms with Crippen LogP contribution in [0.2, 0.25) is 5.02 Å². The zero-order chi connectivity index (χ0) is 23.5. The third-order valence-corrected chi connectivity index (χ3v) is 6.21. The van der Waals surface area contributed by atoms with Gasteiger partial charge in [-0.3, -0.25) is 14.2 Å². The van der Waals surface area contributed by atoms with E-state index in [9.17, 15) is 19.2 Å². The van der Waals surface area contributed by atoms with Crippen LogP contribution < -0.4 is 10.9 Å². The molecule has 0 radical (unpaired) electrons. The van der Waals surface area contributed by atoms with Gasteiger partial charge in [-0.25, -0.2) is 9.37 Å². The van der Waals surface area contributed by atoms with E-state index in [4.69, 9.17) is 11.6 Å². The molecule has 164 valence electrons. The molecule has 33 heavy (non-hydrogen) atoms. The van der Waals surface area contributed by atoms with E-state index in [1.807, 2.05) is 6.07 Å². The lowest BCUT2D eigenvalue weighted by Gasteiger charge is -2.17. The summed E-state index contributed by atoms with van der Waals surface area (Å²) in [4.78, 5) is 30.7. The Labute approximate surface area is 197 Å². The first-order valence-corrected chi connectivity index (χ1v) is 11.1. The lowest BCUT2D eigenvalue weighted by molar-refractivity contribution is -0.115. The van der Waals surface area contributed by atoms with Crippen LogP contribution in [0.5, 0.6) is 0 Å².